The van der Waals surface area contributed by atoms with Gasteiger partial charge in [0.15, 0.2) is 11.6 Å². The number of nitrogens with zero attached hydrogens (tertiary/aromatic N) is 2. The van der Waals surface area contributed by atoms with E-state index in [9.17, 15) is 4.79 Å². The van der Waals surface area contributed by atoms with Crippen LogP contribution in [-0.4, -0.2) is 39.9 Å². The number of ether oxygens (including phenoxy) is 2. The molecule has 7 nitrogen and oxygen atoms in total. The predicted molar refractivity (Wildman–Crippen MR) is 88.7 cm³/mol. The number of methoxy groups -OCH3 is 2. The molecule has 0 aliphatic rings. The fourth-order valence-electron chi connectivity index (χ4n) is 2.56. The second-order valence-electron chi connectivity index (χ2n) is 5.27. The lowest BCUT2D eigenvalue weighted by molar-refractivity contribution is 0.102. The zero-order chi connectivity index (χ0) is 16.7. The number of benzene rings is 2. The summed E-state index contributed by atoms with van der Waals surface area (Å²) in [6, 6.07) is 10.8. The highest BCUT2D eigenvalue weighted by Gasteiger charge is 2.18. The lowest BCUT2D eigenvalue weighted by atomic mass is 10.3. The minimum absolute atomic E-state index is 0.226. The van der Waals surface area contributed by atoms with E-state index in [1.807, 2.05) is 0 Å². The smallest absolute Gasteiger partial charge is 0.263 e. The Bertz CT molecular complexity index is 980. The van der Waals surface area contributed by atoms with Gasteiger partial charge in [-0.1, -0.05) is 0 Å². The van der Waals surface area contributed by atoms with Gasteiger partial charge >= 0.3 is 0 Å². The summed E-state index contributed by atoms with van der Waals surface area (Å²) in [4.78, 5) is 27.3. The third-order valence-electron chi connectivity index (χ3n) is 3.81. The molecule has 0 bridgehead atoms. The first kappa shape index (κ1) is 14.3. The number of fused-ring (bicyclic) bond motifs is 2. The topological polar surface area (TPSA) is 92.9 Å². The Hall–Kier alpha value is -3.35. The van der Waals surface area contributed by atoms with E-state index in [4.69, 9.17) is 9.47 Å². The zero-order valence-electron chi connectivity index (χ0n) is 13.1. The van der Waals surface area contributed by atoms with Crippen molar-refractivity contribution in [1.82, 2.24) is 19.9 Å². The van der Waals surface area contributed by atoms with Gasteiger partial charge in [0.1, 0.15) is 11.5 Å². The van der Waals surface area contributed by atoms with Crippen molar-refractivity contribution >= 4 is 27.9 Å². The van der Waals surface area contributed by atoms with Crippen molar-refractivity contribution in [1.29, 1.82) is 0 Å². The normalized spacial score (nSPS) is 11.1. The van der Waals surface area contributed by atoms with Gasteiger partial charge in [0.2, 0.25) is 0 Å². The second-order valence-corrected chi connectivity index (χ2v) is 5.27. The average molecular weight is 322 g/mol. The Morgan fingerprint density at radius 2 is 1.29 bits per heavy atom. The van der Waals surface area contributed by atoms with Gasteiger partial charge in [-0.25, -0.2) is 9.97 Å². The highest BCUT2D eigenvalue weighted by molar-refractivity contribution is 6.07. The lowest BCUT2D eigenvalue weighted by Gasteiger charge is -1.96. The molecule has 0 amide bonds. The summed E-state index contributed by atoms with van der Waals surface area (Å²) in [5.74, 6) is 1.54. The molecular weight excluding hydrogens is 308 g/mol. The van der Waals surface area contributed by atoms with Crippen LogP contribution < -0.4 is 9.47 Å². The zero-order valence-corrected chi connectivity index (χ0v) is 13.1. The van der Waals surface area contributed by atoms with Crippen LogP contribution in [0.25, 0.3) is 22.1 Å². The van der Waals surface area contributed by atoms with Gasteiger partial charge in [0, 0.05) is 12.1 Å². The van der Waals surface area contributed by atoms with E-state index in [0.29, 0.717) is 22.5 Å². The quantitative estimate of drug-likeness (QED) is 0.564. The molecule has 0 spiro atoms. The molecule has 0 radical (unpaired) electrons. The molecule has 2 aromatic heterocycles. The van der Waals surface area contributed by atoms with Crippen LogP contribution in [-0.2, 0) is 0 Å². The monoisotopic (exact) mass is 322 g/mol. The number of H-pyrrole nitrogens is 2. The Labute approximate surface area is 136 Å². The lowest BCUT2D eigenvalue weighted by Crippen LogP contribution is -2.05. The first-order valence-electron chi connectivity index (χ1n) is 7.30. The summed E-state index contributed by atoms with van der Waals surface area (Å²) in [6.07, 6.45) is 0. The molecule has 2 N–H and O–H groups in total. The molecule has 0 saturated carbocycles. The number of carbonyl (C=O) groups excluding carboxylic acids is 1. The number of rotatable bonds is 4. The average Bonchev–Trinajstić information content (AvgIpc) is 3.23. The first-order valence-corrected chi connectivity index (χ1v) is 7.30. The number of ketones is 1. The van der Waals surface area contributed by atoms with Gasteiger partial charge in [0.05, 0.1) is 36.3 Å². The van der Waals surface area contributed by atoms with E-state index in [-0.39, 0.29) is 17.4 Å². The fraction of sp³-hybridized carbons (Fsp3) is 0.118. The number of hydrogen-bond donors (Lipinski definition) is 2. The highest BCUT2D eigenvalue weighted by Crippen LogP contribution is 2.21. The van der Waals surface area contributed by atoms with Crippen LogP contribution in [0.4, 0.5) is 0 Å². The maximum atomic E-state index is 12.6. The highest BCUT2D eigenvalue weighted by atomic mass is 16.5. The van der Waals surface area contributed by atoms with Crippen molar-refractivity contribution in [3.63, 3.8) is 0 Å². The van der Waals surface area contributed by atoms with Crippen LogP contribution in [0.3, 0.4) is 0 Å². The van der Waals surface area contributed by atoms with Crippen LogP contribution in [0.5, 0.6) is 11.5 Å². The van der Waals surface area contributed by atoms with Crippen molar-refractivity contribution in [2.24, 2.45) is 0 Å². The van der Waals surface area contributed by atoms with Gasteiger partial charge in [-0.2, -0.15) is 0 Å². The van der Waals surface area contributed by atoms with Gasteiger partial charge < -0.3 is 19.4 Å². The number of carbonyl (C=O) groups is 1. The van der Waals surface area contributed by atoms with E-state index in [0.717, 1.165) is 11.0 Å². The van der Waals surface area contributed by atoms with Gasteiger partial charge in [0.25, 0.3) is 5.78 Å². The molecule has 0 saturated heterocycles. The number of aromatic amines is 2. The molecule has 24 heavy (non-hydrogen) atoms. The first-order chi connectivity index (χ1) is 11.7. The summed E-state index contributed by atoms with van der Waals surface area (Å²) in [5.41, 5.74) is 2.85. The molecule has 0 unspecified atom stereocenters. The van der Waals surface area contributed by atoms with Crippen molar-refractivity contribution in [2.75, 3.05) is 14.2 Å². The predicted octanol–water partition coefficient (Wildman–Crippen LogP) is 2.69. The Balaban J connectivity index is 1.75. The molecule has 0 fully saturated rings. The maximum Gasteiger partial charge on any atom is 0.263 e. The summed E-state index contributed by atoms with van der Waals surface area (Å²) in [6.45, 7) is 0. The molecule has 2 heterocycles. The SMILES string of the molecule is COc1ccc2nc(C(=O)c3nc4ccc(OC)cc4[nH]3)[nH]c2c1. The molecule has 0 atom stereocenters. The van der Waals surface area contributed by atoms with Crippen LogP contribution in [0, 0.1) is 0 Å². The molecule has 120 valence electrons. The van der Waals surface area contributed by atoms with Gasteiger partial charge in [-0.05, 0) is 24.3 Å². The van der Waals surface area contributed by atoms with Crippen molar-refractivity contribution in [2.45, 2.75) is 0 Å². The molecule has 4 aromatic rings. The van der Waals surface area contributed by atoms with Crippen LogP contribution in [0.15, 0.2) is 36.4 Å². The standard InChI is InChI=1S/C17H14N4O3/c1-23-9-3-5-11-13(7-9)20-16(18-11)15(22)17-19-12-6-4-10(24-2)8-14(12)21-17/h3-8H,1-2H3,(H,18,20)(H,19,21). The van der Waals surface area contributed by atoms with Crippen molar-refractivity contribution < 1.29 is 14.3 Å². The number of nitrogens with one attached hydrogen (secondary N) is 2. The molecule has 4 rings (SSSR count). The van der Waals surface area contributed by atoms with Crippen LogP contribution in [0.1, 0.15) is 16.4 Å². The largest absolute Gasteiger partial charge is 0.497 e. The third kappa shape index (κ3) is 2.26. The molecule has 0 aliphatic carbocycles. The minimum atomic E-state index is -0.305. The van der Waals surface area contributed by atoms with E-state index < -0.39 is 0 Å². The Morgan fingerprint density at radius 3 is 1.71 bits per heavy atom. The molecule has 0 aliphatic heterocycles. The van der Waals surface area contributed by atoms with E-state index >= 15 is 0 Å². The van der Waals surface area contributed by atoms with Gasteiger partial charge in [-0.15, -0.1) is 0 Å². The summed E-state index contributed by atoms with van der Waals surface area (Å²) < 4.78 is 10.4. The summed E-state index contributed by atoms with van der Waals surface area (Å²) >= 11 is 0. The van der Waals surface area contributed by atoms with Crippen molar-refractivity contribution in [3.05, 3.63) is 48.0 Å². The van der Waals surface area contributed by atoms with Crippen LogP contribution >= 0.6 is 0 Å². The maximum absolute atomic E-state index is 12.6. The van der Waals surface area contributed by atoms with Gasteiger partial charge in [-0.3, -0.25) is 4.79 Å². The fourth-order valence-corrected chi connectivity index (χ4v) is 2.56. The van der Waals surface area contributed by atoms with E-state index in [1.165, 1.54) is 0 Å². The number of imidazole rings is 2. The summed E-state index contributed by atoms with van der Waals surface area (Å²) in [7, 11) is 3.18. The van der Waals surface area contributed by atoms with Crippen LogP contribution in [0.2, 0.25) is 0 Å². The third-order valence-corrected chi connectivity index (χ3v) is 3.81. The number of aromatic nitrogens is 4. The number of hydrogen-bond acceptors (Lipinski definition) is 5. The van der Waals surface area contributed by atoms with E-state index in [1.54, 1.807) is 50.6 Å². The minimum Gasteiger partial charge on any atom is -0.497 e. The summed E-state index contributed by atoms with van der Waals surface area (Å²) in [5, 5.41) is 0. The Kier molecular flexibility index (Phi) is 3.19. The molecular formula is C17H14N4O3. The van der Waals surface area contributed by atoms with E-state index in [2.05, 4.69) is 19.9 Å². The van der Waals surface area contributed by atoms with Crippen molar-refractivity contribution in [3.8, 4) is 11.5 Å². The Morgan fingerprint density at radius 1 is 0.833 bits per heavy atom. The second kappa shape index (κ2) is 5.38. The molecule has 2 aromatic carbocycles. The molecule has 7 heteroatoms.